The third-order valence-electron chi connectivity index (χ3n) is 21.2. The number of aromatic nitrogens is 11. The average Bonchev–Trinajstić information content (AvgIpc) is 1.58. The molecule has 0 aliphatic heterocycles. The van der Waals surface area contributed by atoms with Gasteiger partial charge in [-0.3, -0.25) is 19.9 Å². The number of rotatable bonds is 6. The molecule has 13 heteroatoms. The number of hydrogen-bond donors (Lipinski definition) is 0. The zero-order valence-electron chi connectivity index (χ0n) is 55.2. The van der Waals surface area contributed by atoms with Crippen molar-refractivity contribution in [3.05, 3.63) is 294 Å². The van der Waals surface area contributed by atoms with Crippen LogP contribution in [0.3, 0.4) is 0 Å². The summed E-state index contributed by atoms with van der Waals surface area (Å²) in [5, 5.41) is 4.52. The van der Waals surface area contributed by atoms with Crippen molar-refractivity contribution in [2.45, 2.75) is 19.3 Å². The smallest absolute Gasteiger partial charge is 0.367 e. The van der Waals surface area contributed by atoms with Gasteiger partial charge in [-0.05, 0) is 180 Å². The monoisotopic (exact) mass is 1660 g/mol. The molecule has 11 nitrogen and oxygen atoms in total. The Morgan fingerprint density at radius 3 is 1.20 bits per heavy atom. The molecule has 22 rings (SSSR count). The Labute approximate surface area is 609 Å². The van der Waals surface area contributed by atoms with Gasteiger partial charge in [0.05, 0.1) is 67.4 Å². The molecule has 7 heterocycles. The van der Waals surface area contributed by atoms with Crippen LogP contribution in [0.2, 0.25) is 0 Å². The molecule has 101 heavy (non-hydrogen) atoms. The third-order valence-corrected chi connectivity index (χ3v) is 21.2. The van der Waals surface area contributed by atoms with Crippen LogP contribution in [0, 0.1) is 24.3 Å². The second-order valence-corrected chi connectivity index (χ2v) is 26.7. The molecule has 0 fully saturated rings. The first kappa shape index (κ1) is 60.8. The molecule has 12 aromatic carbocycles. The van der Waals surface area contributed by atoms with Crippen molar-refractivity contribution in [3.63, 3.8) is 0 Å². The van der Waals surface area contributed by atoms with Gasteiger partial charge < -0.3 is 27.4 Å². The Bertz CT molecular complexity index is 6730. The molecular weight excluding hydrogens is 1600 g/mol. The summed E-state index contributed by atoms with van der Waals surface area (Å²) in [4.78, 5) is 25.2. The van der Waals surface area contributed by atoms with Crippen LogP contribution in [-0.4, -0.2) is 52.3 Å². The standard InChI is InChI=1S/C48H31N5.C40H26N6.2Pt/c1-51-43-17-8-7-16-41(43)49-47(51)30-12-9-13-34(22-30)53-44-23-31(18-19-37(44)40-26-38-32(24-45(40)53)20-28-10-3-5-14-35(28)38)48-50-42-27-39-33(25-46(42)52(48)2)21-29-11-4-6-15-36(29)39;1-44-35-15-6-5-14-33(35)42-38(44)25-10-7-11-28(20-25)46-36-21-26(16-17-30(36)31-13-8-18-41-40(31)46)39-43-34-23-32-27(22-37(34)45(39)2)19-24-9-3-4-12-29(24)32;;/h3-19,24-27H,20-21H2,1-2H3;3-18,22-23H,19H2,1-2H3;;/q2*-2;2*+2. The SMILES string of the molecule is Cn1c(-c2[c-]c(-n3c4[c-]c(-c5nc6cc7c(cc6n5C)Cc5ccccc5-7)ccc4c4cc5c(cc43)Cc3ccccc3-5)ccc2)nc2ccccc21.Cn1c(-c2[c-]c(-n3c4[c-]c(-c5nc6cc7c(cc6n5C)Cc5ccccc5-7)ccc4c4cccnc43)ccc2)nc2ccccc21.[Pt+2].[Pt+2]. The minimum atomic E-state index is 0. The summed E-state index contributed by atoms with van der Waals surface area (Å²) < 4.78 is 13.2. The second-order valence-electron chi connectivity index (χ2n) is 26.7. The number of imidazole rings is 4. The topological polar surface area (TPSA) is 94.0 Å². The first-order valence-corrected chi connectivity index (χ1v) is 33.7. The van der Waals surface area contributed by atoms with E-state index in [4.69, 9.17) is 24.9 Å². The molecule has 3 aliphatic rings. The van der Waals surface area contributed by atoms with Gasteiger partial charge in [-0.15, -0.1) is 107 Å². The molecule has 484 valence electrons. The van der Waals surface area contributed by atoms with Crippen LogP contribution in [0.1, 0.15) is 33.4 Å². The maximum Gasteiger partial charge on any atom is 2.00 e. The predicted octanol–water partition coefficient (Wildman–Crippen LogP) is 19.1. The van der Waals surface area contributed by atoms with Crippen LogP contribution in [0.4, 0.5) is 0 Å². The molecule has 0 bridgehead atoms. The van der Waals surface area contributed by atoms with E-state index in [0.29, 0.717) is 0 Å². The Kier molecular flexibility index (Phi) is 13.9. The van der Waals surface area contributed by atoms with E-state index in [2.05, 4.69) is 280 Å². The van der Waals surface area contributed by atoms with Crippen LogP contribution >= 0.6 is 0 Å². The summed E-state index contributed by atoms with van der Waals surface area (Å²) in [6.07, 6.45) is 4.68. The zero-order valence-corrected chi connectivity index (χ0v) is 59.7. The van der Waals surface area contributed by atoms with Crippen LogP contribution in [0.15, 0.2) is 237 Å². The predicted molar refractivity (Wildman–Crippen MR) is 398 cm³/mol. The minimum absolute atomic E-state index is 0. The molecular formula is C88H57N11Pt2. The van der Waals surface area contributed by atoms with Gasteiger partial charge >= 0.3 is 42.1 Å². The maximum absolute atomic E-state index is 5.26. The third kappa shape index (κ3) is 9.22. The molecule has 0 saturated carbocycles. The number of para-hydroxylation sites is 4. The van der Waals surface area contributed by atoms with E-state index in [9.17, 15) is 0 Å². The molecule has 0 radical (unpaired) electrons. The van der Waals surface area contributed by atoms with Crippen LogP contribution in [0.5, 0.6) is 0 Å². The fraction of sp³-hybridized carbons (Fsp3) is 0.0795. The summed E-state index contributed by atoms with van der Waals surface area (Å²) in [5.41, 5.74) is 34.0. The first-order chi connectivity index (χ1) is 48.7. The number of benzene rings is 12. The van der Waals surface area contributed by atoms with Gasteiger partial charge in [0.1, 0.15) is 5.65 Å². The summed E-state index contributed by atoms with van der Waals surface area (Å²) >= 11 is 0. The van der Waals surface area contributed by atoms with Crippen LogP contribution in [-0.2, 0) is 89.6 Å². The van der Waals surface area contributed by atoms with E-state index >= 15 is 0 Å². The van der Waals surface area contributed by atoms with Crippen LogP contribution in [0.25, 0.3) is 178 Å². The molecule has 0 N–H and O–H groups in total. The Morgan fingerprint density at radius 1 is 0.287 bits per heavy atom. The first-order valence-electron chi connectivity index (χ1n) is 33.7. The quantitative estimate of drug-likeness (QED) is 0.155. The number of nitrogens with zero attached hydrogens (tertiary/aromatic N) is 11. The van der Waals surface area contributed by atoms with Crippen LogP contribution < -0.4 is 0 Å². The Balaban J connectivity index is 0.000000139. The van der Waals surface area contributed by atoms with Gasteiger partial charge in [-0.25, -0.2) is 4.98 Å². The van der Waals surface area contributed by atoms with E-state index in [1.54, 1.807) is 0 Å². The van der Waals surface area contributed by atoms with E-state index in [0.717, 1.165) is 159 Å². The Morgan fingerprint density at radius 2 is 0.693 bits per heavy atom. The fourth-order valence-electron chi connectivity index (χ4n) is 16.4. The van der Waals surface area contributed by atoms with Crippen molar-refractivity contribution < 1.29 is 42.1 Å². The van der Waals surface area contributed by atoms with E-state index in [-0.39, 0.29) is 42.1 Å². The largest absolute Gasteiger partial charge is 2.00 e. The van der Waals surface area contributed by atoms with E-state index < -0.39 is 0 Å². The van der Waals surface area contributed by atoms with Gasteiger partial charge in [0, 0.05) is 39.9 Å². The maximum atomic E-state index is 5.26. The number of fused-ring (bicyclic) bond motifs is 19. The second kappa shape index (κ2) is 23.1. The van der Waals surface area contributed by atoms with Gasteiger partial charge in [-0.1, -0.05) is 120 Å². The molecule has 0 atom stereocenters. The van der Waals surface area contributed by atoms with E-state index in [1.165, 1.54) is 72.1 Å². The summed E-state index contributed by atoms with van der Waals surface area (Å²) in [5.74, 6) is 3.56. The molecule has 0 spiro atoms. The molecule has 3 aliphatic carbocycles. The van der Waals surface area contributed by atoms with Gasteiger partial charge in [-0.2, -0.15) is 0 Å². The van der Waals surface area contributed by atoms with Crippen molar-refractivity contribution >= 4 is 87.9 Å². The summed E-state index contributed by atoms with van der Waals surface area (Å²) in [7, 11) is 8.36. The molecule has 0 saturated heterocycles. The fourth-order valence-corrected chi connectivity index (χ4v) is 16.4. The number of aryl methyl sites for hydroxylation is 4. The normalized spacial score (nSPS) is 12.5. The summed E-state index contributed by atoms with van der Waals surface area (Å²) in [6.45, 7) is 0. The minimum Gasteiger partial charge on any atom is -0.367 e. The van der Waals surface area contributed by atoms with Crippen molar-refractivity contribution in [2.75, 3.05) is 0 Å². The molecule has 0 amide bonds. The number of pyridine rings is 1. The van der Waals surface area contributed by atoms with Gasteiger partial charge in [0.25, 0.3) is 0 Å². The van der Waals surface area contributed by atoms with Gasteiger partial charge in [0.15, 0.2) is 0 Å². The Hall–Kier alpha value is -11.4. The van der Waals surface area contributed by atoms with E-state index in [1.807, 2.05) is 36.5 Å². The van der Waals surface area contributed by atoms with Gasteiger partial charge in [0.2, 0.25) is 0 Å². The van der Waals surface area contributed by atoms with Crippen molar-refractivity contribution in [1.29, 1.82) is 0 Å². The molecule has 19 aromatic rings. The number of hydrogen-bond acceptors (Lipinski definition) is 5. The summed E-state index contributed by atoms with van der Waals surface area (Å²) in [6, 6.07) is 97.2. The molecule has 7 aromatic heterocycles. The zero-order chi connectivity index (χ0) is 65.5. The van der Waals surface area contributed by atoms with Crippen molar-refractivity contribution in [3.8, 4) is 90.3 Å². The van der Waals surface area contributed by atoms with Crippen molar-refractivity contribution in [2.24, 2.45) is 28.2 Å². The average molecular weight is 1660 g/mol. The molecule has 0 unspecified atom stereocenters. The van der Waals surface area contributed by atoms with Crippen molar-refractivity contribution in [1.82, 2.24) is 52.3 Å².